The van der Waals surface area contributed by atoms with Crippen LogP contribution in [0.3, 0.4) is 0 Å². The monoisotopic (exact) mass is 730 g/mol. The van der Waals surface area contributed by atoms with Crippen LogP contribution in [0.2, 0.25) is 0 Å². The Kier molecular flexibility index (Phi) is 10.1. The van der Waals surface area contributed by atoms with Crippen molar-refractivity contribution >= 4 is 51.3 Å². The molecule has 5 rings (SSSR count). The van der Waals surface area contributed by atoms with Gasteiger partial charge in [0.25, 0.3) is 11.5 Å². The van der Waals surface area contributed by atoms with Crippen LogP contribution in [0.4, 0.5) is 5.69 Å². The van der Waals surface area contributed by atoms with E-state index in [1.54, 1.807) is 25.5 Å². The number of para-hydroxylation sites is 2. The largest absolute Gasteiger partial charge is 0.496 e. The molecule has 5 aromatic rings. The Balaban J connectivity index is 1.51. The number of rotatable bonds is 10. The number of nitrogens with one attached hydrogen (secondary N) is 1. The molecule has 0 aliphatic rings. The van der Waals surface area contributed by atoms with Gasteiger partial charge in [-0.1, -0.05) is 44.2 Å². The lowest BCUT2D eigenvalue weighted by atomic mass is 9.96. The van der Waals surface area contributed by atoms with E-state index in [2.05, 4.69) is 46.9 Å². The van der Waals surface area contributed by atoms with E-state index in [1.165, 1.54) is 11.8 Å². The Labute approximate surface area is 281 Å². The minimum atomic E-state index is -0.292. The standard InChI is InChI=1S/C36H35IN4O5/c1-21(2)26-18-27(23(4)15-31(26)44-5)35-40-30-14-10-8-12-25(30)36(43)41(35)38-19-24-16-28(37)34(32(17-24)45-6)46-20-33(42)39-29-13-9-7-11-22(29)3/h7-19,21H,20H2,1-6H3,(H,39,42). The van der Waals surface area contributed by atoms with Crippen molar-refractivity contribution < 1.29 is 19.0 Å². The van der Waals surface area contributed by atoms with E-state index in [1.807, 2.05) is 74.5 Å². The van der Waals surface area contributed by atoms with Crippen molar-refractivity contribution in [2.24, 2.45) is 5.10 Å². The molecule has 10 heteroatoms. The zero-order chi connectivity index (χ0) is 33.0. The first-order valence-corrected chi connectivity index (χ1v) is 15.8. The second kappa shape index (κ2) is 14.2. The van der Waals surface area contributed by atoms with Crippen LogP contribution in [-0.2, 0) is 4.79 Å². The number of benzene rings is 4. The van der Waals surface area contributed by atoms with Crippen LogP contribution in [-0.4, -0.2) is 42.6 Å². The number of hydrogen-bond acceptors (Lipinski definition) is 7. The van der Waals surface area contributed by atoms with Gasteiger partial charge in [-0.15, -0.1) is 0 Å². The molecular weight excluding hydrogens is 695 g/mol. The number of ether oxygens (including phenoxy) is 3. The average Bonchev–Trinajstić information content (AvgIpc) is 3.04. The summed E-state index contributed by atoms with van der Waals surface area (Å²) in [7, 11) is 3.18. The predicted octanol–water partition coefficient (Wildman–Crippen LogP) is 7.33. The maximum Gasteiger partial charge on any atom is 0.282 e. The van der Waals surface area contributed by atoms with Gasteiger partial charge in [-0.3, -0.25) is 9.59 Å². The molecule has 236 valence electrons. The molecule has 0 unspecified atom stereocenters. The number of carbonyl (C=O) groups excluding carboxylic acids is 1. The van der Waals surface area contributed by atoms with Gasteiger partial charge >= 0.3 is 0 Å². The number of methoxy groups -OCH3 is 2. The Morgan fingerprint density at radius 1 is 0.978 bits per heavy atom. The third-order valence-corrected chi connectivity index (χ3v) is 8.34. The molecule has 0 fully saturated rings. The zero-order valence-corrected chi connectivity index (χ0v) is 28.7. The lowest BCUT2D eigenvalue weighted by Crippen LogP contribution is -2.21. The van der Waals surface area contributed by atoms with Crippen LogP contribution < -0.4 is 25.1 Å². The average molecular weight is 731 g/mol. The van der Waals surface area contributed by atoms with Gasteiger partial charge in [0.2, 0.25) is 0 Å². The number of fused-ring (bicyclic) bond motifs is 1. The molecule has 1 heterocycles. The van der Waals surface area contributed by atoms with Crippen molar-refractivity contribution in [1.29, 1.82) is 0 Å². The summed E-state index contributed by atoms with van der Waals surface area (Å²) >= 11 is 2.13. The first kappa shape index (κ1) is 32.7. The fourth-order valence-electron chi connectivity index (χ4n) is 5.09. The van der Waals surface area contributed by atoms with E-state index in [0.29, 0.717) is 37.4 Å². The second-order valence-electron chi connectivity index (χ2n) is 11.1. The van der Waals surface area contributed by atoms with Gasteiger partial charge in [-0.2, -0.15) is 9.78 Å². The number of amides is 1. The number of aromatic nitrogens is 2. The summed E-state index contributed by atoms with van der Waals surface area (Å²) < 4.78 is 19.2. The fourth-order valence-corrected chi connectivity index (χ4v) is 5.87. The predicted molar refractivity (Wildman–Crippen MR) is 191 cm³/mol. The lowest BCUT2D eigenvalue weighted by molar-refractivity contribution is -0.118. The lowest BCUT2D eigenvalue weighted by Gasteiger charge is -2.17. The van der Waals surface area contributed by atoms with Crippen LogP contribution in [0.5, 0.6) is 17.2 Å². The first-order valence-electron chi connectivity index (χ1n) is 14.7. The molecule has 46 heavy (non-hydrogen) atoms. The minimum absolute atomic E-state index is 0.183. The highest BCUT2D eigenvalue weighted by Gasteiger charge is 2.19. The molecule has 0 aliphatic carbocycles. The third kappa shape index (κ3) is 6.91. The Hall–Kier alpha value is -4.71. The van der Waals surface area contributed by atoms with Gasteiger partial charge in [-0.05, 0) is 107 Å². The van der Waals surface area contributed by atoms with E-state index in [-0.39, 0.29) is 24.0 Å². The Morgan fingerprint density at radius 2 is 1.70 bits per heavy atom. The van der Waals surface area contributed by atoms with E-state index >= 15 is 0 Å². The van der Waals surface area contributed by atoms with Crippen LogP contribution in [0.1, 0.15) is 42.0 Å². The summed E-state index contributed by atoms with van der Waals surface area (Å²) in [6, 6.07) is 22.3. The van der Waals surface area contributed by atoms with Crippen molar-refractivity contribution in [3.05, 3.63) is 109 Å². The van der Waals surface area contributed by atoms with Crippen molar-refractivity contribution in [3.8, 4) is 28.6 Å². The summed E-state index contributed by atoms with van der Waals surface area (Å²) in [5, 5.41) is 7.98. The van der Waals surface area contributed by atoms with E-state index < -0.39 is 0 Å². The molecule has 0 bridgehead atoms. The summed E-state index contributed by atoms with van der Waals surface area (Å²) in [4.78, 5) is 31.4. The van der Waals surface area contributed by atoms with E-state index in [4.69, 9.17) is 19.2 Å². The first-order chi connectivity index (χ1) is 22.1. The minimum Gasteiger partial charge on any atom is -0.496 e. The third-order valence-electron chi connectivity index (χ3n) is 7.53. The highest BCUT2D eigenvalue weighted by molar-refractivity contribution is 14.1. The Bertz CT molecular complexity index is 2020. The van der Waals surface area contributed by atoms with Gasteiger partial charge in [0.1, 0.15) is 5.75 Å². The normalized spacial score (nSPS) is 11.3. The quantitative estimate of drug-likeness (QED) is 0.119. The SMILES string of the molecule is COc1cc(C)c(-c2nc3ccccc3c(=O)n2N=Cc2cc(I)c(OCC(=O)Nc3ccccc3C)c(OC)c2)cc1C(C)C. The Morgan fingerprint density at radius 3 is 2.41 bits per heavy atom. The topological polar surface area (TPSA) is 104 Å². The molecule has 4 aromatic carbocycles. The van der Waals surface area contributed by atoms with Crippen molar-refractivity contribution in [3.63, 3.8) is 0 Å². The summed E-state index contributed by atoms with van der Waals surface area (Å²) in [6.07, 6.45) is 1.59. The molecule has 1 amide bonds. The molecule has 0 saturated carbocycles. The number of hydrogen-bond donors (Lipinski definition) is 1. The second-order valence-corrected chi connectivity index (χ2v) is 12.2. The molecule has 0 atom stereocenters. The van der Waals surface area contributed by atoms with E-state index in [9.17, 15) is 9.59 Å². The van der Waals surface area contributed by atoms with E-state index in [0.717, 1.165) is 33.7 Å². The van der Waals surface area contributed by atoms with Crippen LogP contribution in [0, 0.1) is 17.4 Å². The van der Waals surface area contributed by atoms with Crippen molar-refractivity contribution in [1.82, 2.24) is 9.66 Å². The molecule has 0 saturated heterocycles. The highest BCUT2D eigenvalue weighted by atomic mass is 127. The van der Waals surface area contributed by atoms with Gasteiger partial charge < -0.3 is 19.5 Å². The maximum absolute atomic E-state index is 13.8. The summed E-state index contributed by atoms with van der Waals surface area (Å²) in [6.45, 7) is 7.87. The van der Waals surface area contributed by atoms with Crippen LogP contribution >= 0.6 is 22.6 Å². The number of halogens is 1. The van der Waals surface area contributed by atoms with Crippen LogP contribution in [0.25, 0.3) is 22.3 Å². The molecular formula is C36H35IN4O5. The molecule has 0 radical (unpaired) electrons. The highest BCUT2D eigenvalue weighted by Crippen LogP contribution is 2.35. The summed E-state index contributed by atoms with van der Waals surface area (Å²) in [5.74, 6) is 1.95. The number of carbonyl (C=O) groups is 1. The molecule has 1 aromatic heterocycles. The van der Waals surface area contributed by atoms with Crippen LogP contribution in [0.15, 0.2) is 82.7 Å². The fraction of sp³-hybridized carbons (Fsp3) is 0.222. The number of aryl methyl sites for hydroxylation is 2. The summed E-state index contributed by atoms with van der Waals surface area (Å²) in [5.41, 5.74) is 5.33. The van der Waals surface area contributed by atoms with Gasteiger partial charge in [0.15, 0.2) is 23.9 Å². The van der Waals surface area contributed by atoms with Gasteiger partial charge in [-0.25, -0.2) is 4.98 Å². The van der Waals surface area contributed by atoms with Gasteiger partial charge in [0, 0.05) is 11.3 Å². The number of nitrogens with zero attached hydrogens (tertiary/aromatic N) is 3. The number of anilines is 1. The van der Waals surface area contributed by atoms with Crippen molar-refractivity contribution in [2.75, 3.05) is 26.1 Å². The smallest absolute Gasteiger partial charge is 0.282 e. The van der Waals surface area contributed by atoms with Crippen molar-refractivity contribution in [2.45, 2.75) is 33.6 Å². The molecule has 9 nitrogen and oxygen atoms in total. The zero-order valence-electron chi connectivity index (χ0n) is 26.6. The molecule has 0 aliphatic heterocycles. The maximum atomic E-state index is 13.8. The molecule has 0 spiro atoms. The van der Waals surface area contributed by atoms with Gasteiger partial charge in [0.05, 0.1) is 34.9 Å². The molecule has 1 N–H and O–H groups in total.